The van der Waals surface area contributed by atoms with Gasteiger partial charge in [-0.1, -0.05) is 133 Å². The molecule has 242 valence electrons. The van der Waals surface area contributed by atoms with Gasteiger partial charge in [0.15, 0.2) is 0 Å². The van der Waals surface area contributed by atoms with Crippen molar-refractivity contribution in [2.24, 2.45) is 0 Å². The first-order valence-electron chi connectivity index (χ1n) is 17.3. The van der Waals surface area contributed by atoms with E-state index in [4.69, 9.17) is 0 Å². The van der Waals surface area contributed by atoms with Crippen molar-refractivity contribution >= 4 is 0 Å². The van der Waals surface area contributed by atoms with E-state index in [1.165, 1.54) is 22.3 Å². The summed E-state index contributed by atoms with van der Waals surface area (Å²) in [5, 5.41) is 20.4. The van der Waals surface area contributed by atoms with Crippen LogP contribution in [0.25, 0.3) is 55.6 Å². The number of phenolic OH excluding ortho intramolecular Hbond substituents is 2. The Morgan fingerprint density at radius 2 is 0.588 bits per heavy atom. The van der Waals surface area contributed by atoms with Gasteiger partial charge in [0.2, 0.25) is 0 Å². The van der Waals surface area contributed by atoms with Crippen LogP contribution in [-0.4, -0.2) is 10.2 Å². The highest BCUT2D eigenvalue weighted by atomic mass is 16.3. The van der Waals surface area contributed by atoms with Crippen molar-refractivity contribution in [3.63, 3.8) is 0 Å². The normalized spacial score (nSPS) is 12.6. The van der Waals surface area contributed by atoms with Crippen LogP contribution in [-0.2, 0) is 5.41 Å². The van der Waals surface area contributed by atoms with Crippen molar-refractivity contribution in [2.75, 3.05) is 0 Å². The van der Waals surface area contributed by atoms with Crippen LogP contribution in [0.3, 0.4) is 0 Å². The van der Waals surface area contributed by atoms with Crippen molar-refractivity contribution < 1.29 is 10.2 Å². The zero-order valence-electron chi connectivity index (χ0n) is 27.9. The molecule has 0 radical (unpaired) electrons. The van der Waals surface area contributed by atoms with E-state index in [-0.39, 0.29) is 11.5 Å². The molecular formula is C49H34O2. The lowest BCUT2D eigenvalue weighted by atomic mass is 9.66. The Balaban J connectivity index is 1.42. The number of fused-ring (bicyclic) bond motifs is 3. The fourth-order valence-electron chi connectivity index (χ4n) is 7.95. The molecule has 1 aliphatic rings. The van der Waals surface area contributed by atoms with E-state index in [0.29, 0.717) is 0 Å². The summed E-state index contributed by atoms with van der Waals surface area (Å²) >= 11 is 0. The summed E-state index contributed by atoms with van der Waals surface area (Å²) in [6, 6.07) is 67.7. The highest BCUT2D eigenvalue weighted by Crippen LogP contribution is 2.57. The number of benzene rings is 8. The van der Waals surface area contributed by atoms with Crippen LogP contribution in [0.5, 0.6) is 11.5 Å². The summed E-state index contributed by atoms with van der Waals surface area (Å²) in [5.74, 6) is 0.487. The van der Waals surface area contributed by atoms with Gasteiger partial charge in [-0.05, 0) is 139 Å². The van der Waals surface area contributed by atoms with Crippen LogP contribution >= 0.6 is 0 Å². The monoisotopic (exact) mass is 654 g/mol. The molecule has 0 unspecified atom stereocenters. The lowest BCUT2D eigenvalue weighted by Crippen LogP contribution is -2.29. The molecule has 0 atom stereocenters. The summed E-state index contributed by atoms with van der Waals surface area (Å²) < 4.78 is 0. The fraction of sp³-hybridized carbons (Fsp3) is 0.0204. The molecule has 0 amide bonds. The van der Waals surface area contributed by atoms with E-state index in [1.807, 2.05) is 24.3 Å². The molecule has 9 rings (SSSR count). The Hall–Kier alpha value is -6.64. The van der Waals surface area contributed by atoms with Gasteiger partial charge in [-0.25, -0.2) is 0 Å². The maximum atomic E-state index is 10.2. The lowest BCUT2D eigenvalue weighted by Gasteiger charge is -2.35. The van der Waals surface area contributed by atoms with E-state index in [9.17, 15) is 10.2 Å². The molecule has 8 aromatic rings. The van der Waals surface area contributed by atoms with E-state index in [0.717, 1.165) is 55.6 Å². The highest BCUT2D eigenvalue weighted by molar-refractivity contribution is 5.89. The van der Waals surface area contributed by atoms with E-state index in [2.05, 4.69) is 146 Å². The molecule has 0 fully saturated rings. The molecule has 0 bridgehead atoms. The Morgan fingerprint density at radius 3 is 0.961 bits per heavy atom. The first kappa shape index (κ1) is 30.4. The molecule has 0 aliphatic heterocycles. The van der Waals surface area contributed by atoms with E-state index >= 15 is 0 Å². The zero-order valence-corrected chi connectivity index (χ0v) is 27.9. The zero-order chi connectivity index (χ0) is 34.4. The second-order valence-corrected chi connectivity index (χ2v) is 13.3. The van der Waals surface area contributed by atoms with Gasteiger partial charge in [0.05, 0.1) is 5.41 Å². The highest BCUT2D eigenvalue weighted by Gasteiger charge is 2.46. The second kappa shape index (κ2) is 12.4. The summed E-state index contributed by atoms with van der Waals surface area (Å²) in [7, 11) is 0. The number of aromatic hydroxyl groups is 2. The molecule has 0 saturated carbocycles. The topological polar surface area (TPSA) is 40.5 Å². The Kier molecular flexibility index (Phi) is 7.37. The molecule has 0 spiro atoms. The third-order valence-corrected chi connectivity index (χ3v) is 10.3. The Labute approximate surface area is 298 Å². The predicted molar refractivity (Wildman–Crippen MR) is 209 cm³/mol. The molecule has 0 saturated heterocycles. The summed E-state index contributed by atoms with van der Waals surface area (Å²) in [6.07, 6.45) is 0. The van der Waals surface area contributed by atoms with Gasteiger partial charge >= 0.3 is 0 Å². The average molecular weight is 655 g/mol. The molecule has 2 N–H and O–H groups in total. The number of phenols is 2. The summed E-state index contributed by atoms with van der Waals surface area (Å²) in [4.78, 5) is 0. The maximum absolute atomic E-state index is 10.2. The van der Waals surface area contributed by atoms with Crippen LogP contribution in [0.2, 0.25) is 0 Å². The third kappa shape index (κ3) is 5.21. The van der Waals surface area contributed by atoms with Gasteiger partial charge in [-0.2, -0.15) is 0 Å². The van der Waals surface area contributed by atoms with Crippen LogP contribution in [0.1, 0.15) is 22.3 Å². The molecular weight excluding hydrogens is 621 g/mol. The maximum Gasteiger partial charge on any atom is 0.115 e. The minimum atomic E-state index is -0.680. The molecule has 2 nitrogen and oxygen atoms in total. The molecule has 51 heavy (non-hydrogen) atoms. The van der Waals surface area contributed by atoms with Gasteiger partial charge in [0.25, 0.3) is 0 Å². The molecule has 1 aliphatic carbocycles. The van der Waals surface area contributed by atoms with Crippen LogP contribution in [0.15, 0.2) is 194 Å². The lowest BCUT2D eigenvalue weighted by molar-refractivity contribution is 0.475. The van der Waals surface area contributed by atoms with Gasteiger partial charge in [-0.15, -0.1) is 0 Å². The second-order valence-electron chi connectivity index (χ2n) is 13.3. The first-order valence-corrected chi connectivity index (χ1v) is 17.3. The predicted octanol–water partition coefficient (Wildman–Crippen LogP) is 12.1. The van der Waals surface area contributed by atoms with Crippen molar-refractivity contribution in [3.05, 3.63) is 216 Å². The van der Waals surface area contributed by atoms with Crippen molar-refractivity contribution in [3.8, 4) is 67.1 Å². The average Bonchev–Trinajstić information content (AvgIpc) is 3.50. The van der Waals surface area contributed by atoms with Gasteiger partial charge in [-0.3, -0.25) is 0 Å². The Morgan fingerprint density at radius 1 is 0.275 bits per heavy atom. The smallest absolute Gasteiger partial charge is 0.115 e. The summed E-state index contributed by atoms with van der Waals surface area (Å²) in [5.41, 5.74) is 15.3. The quantitative estimate of drug-likeness (QED) is 0.187. The Bertz CT molecular complexity index is 2340. The summed E-state index contributed by atoms with van der Waals surface area (Å²) in [6.45, 7) is 0. The minimum Gasteiger partial charge on any atom is -0.508 e. The van der Waals surface area contributed by atoms with Crippen LogP contribution in [0.4, 0.5) is 0 Å². The van der Waals surface area contributed by atoms with Crippen molar-refractivity contribution in [2.45, 2.75) is 5.41 Å². The SMILES string of the molecule is Oc1ccc(-c2cc(-c3ccccc3)cc(C3(c4cc(-c5ccccc5)cc(-c5ccc(O)cc5)c4)c4ccccc4-c4ccccc43)c2)cc1. The van der Waals surface area contributed by atoms with Crippen LogP contribution < -0.4 is 0 Å². The van der Waals surface area contributed by atoms with E-state index < -0.39 is 5.41 Å². The third-order valence-electron chi connectivity index (χ3n) is 10.3. The van der Waals surface area contributed by atoms with Gasteiger partial charge in [0.1, 0.15) is 11.5 Å². The van der Waals surface area contributed by atoms with Crippen LogP contribution in [0, 0.1) is 0 Å². The standard InChI is InChI=1S/C49H34O2/c50-43-23-19-35(20-24-43)39-27-37(33-11-3-1-4-12-33)29-41(31-39)49(47-17-9-7-15-45(47)46-16-8-10-18-48(46)49)42-30-38(34-13-5-2-6-14-34)28-40(32-42)36-21-25-44(51)26-22-36/h1-32,50-51H. The molecule has 8 aromatic carbocycles. The number of hydrogen-bond acceptors (Lipinski definition) is 2. The first-order chi connectivity index (χ1) is 25.1. The van der Waals surface area contributed by atoms with Gasteiger partial charge in [0, 0.05) is 0 Å². The van der Waals surface area contributed by atoms with Crippen molar-refractivity contribution in [1.82, 2.24) is 0 Å². The molecule has 0 heterocycles. The number of rotatable bonds is 6. The van der Waals surface area contributed by atoms with Crippen molar-refractivity contribution in [1.29, 1.82) is 0 Å². The largest absolute Gasteiger partial charge is 0.508 e. The van der Waals surface area contributed by atoms with Gasteiger partial charge < -0.3 is 10.2 Å². The molecule has 0 aromatic heterocycles. The minimum absolute atomic E-state index is 0.243. The number of hydrogen-bond donors (Lipinski definition) is 2. The van der Waals surface area contributed by atoms with E-state index in [1.54, 1.807) is 24.3 Å². The fourth-order valence-corrected chi connectivity index (χ4v) is 7.95. The molecule has 2 heteroatoms.